The minimum atomic E-state index is 0.176. The van der Waals surface area contributed by atoms with Crippen molar-refractivity contribution in [2.45, 2.75) is 32.6 Å². The summed E-state index contributed by atoms with van der Waals surface area (Å²) >= 11 is 0. The van der Waals surface area contributed by atoms with Crippen molar-refractivity contribution in [3.8, 4) is 0 Å². The molecule has 1 fully saturated rings. The van der Waals surface area contributed by atoms with Crippen LogP contribution in [-0.2, 0) is 0 Å². The molecule has 0 aliphatic carbocycles. The summed E-state index contributed by atoms with van der Waals surface area (Å²) in [6.07, 6.45) is 6.59. The Hall–Kier alpha value is -1.61. The second kappa shape index (κ2) is 6.44. The van der Waals surface area contributed by atoms with E-state index in [4.69, 9.17) is 4.42 Å². The third kappa shape index (κ3) is 3.18. The van der Waals surface area contributed by atoms with Crippen LogP contribution in [0.25, 0.3) is 11.0 Å². The number of hydrogen-bond donors (Lipinski definition) is 0. The summed E-state index contributed by atoms with van der Waals surface area (Å²) in [6, 6.07) is 7.75. The molecule has 1 aliphatic heterocycles. The largest absolute Gasteiger partial charge is 0.464 e. The Balaban J connectivity index is 1.69. The monoisotopic (exact) mass is 285 g/mol. The fraction of sp³-hybridized carbons (Fsp3) is 0.500. The molecule has 1 unspecified atom stereocenters. The molecule has 0 bridgehead atoms. The zero-order valence-corrected chi connectivity index (χ0v) is 12.7. The number of furan rings is 1. The molecule has 0 N–H and O–H groups in total. The van der Waals surface area contributed by atoms with Crippen LogP contribution in [0.3, 0.4) is 0 Å². The summed E-state index contributed by atoms with van der Waals surface area (Å²) in [4.78, 5) is 14.9. The van der Waals surface area contributed by atoms with Crippen molar-refractivity contribution in [1.29, 1.82) is 0 Å². The summed E-state index contributed by atoms with van der Waals surface area (Å²) in [5.41, 5.74) is 1.52. The number of rotatable bonds is 4. The van der Waals surface area contributed by atoms with Crippen LogP contribution < -0.4 is 0 Å². The van der Waals surface area contributed by atoms with Crippen molar-refractivity contribution >= 4 is 16.8 Å². The van der Waals surface area contributed by atoms with Crippen LogP contribution in [0.2, 0.25) is 0 Å². The van der Waals surface area contributed by atoms with Crippen LogP contribution in [0.15, 0.2) is 34.9 Å². The molecule has 0 spiro atoms. The molecule has 3 heteroatoms. The summed E-state index contributed by atoms with van der Waals surface area (Å²) < 4.78 is 5.48. The predicted molar refractivity (Wildman–Crippen MR) is 84.6 cm³/mol. The highest BCUT2D eigenvalue weighted by atomic mass is 16.3. The smallest absolute Gasteiger partial charge is 0.180 e. The minimum Gasteiger partial charge on any atom is -0.464 e. The Labute approximate surface area is 125 Å². The second-order valence-electron chi connectivity index (χ2n) is 6.05. The molecule has 21 heavy (non-hydrogen) atoms. The van der Waals surface area contributed by atoms with Crippen LogP contribution >= 0.6 is 0 Å². The maximum absolute atomic E-state index is 12.5. The Kier molecular flexibility index (Phi) is 4.39. The summed E-state index contributed by atoms with van der Waals surface area (Å²) in [5, 5.41) is 0.934. The van der Waals surface area contributed by atoms with Crippen LogP contribution in [0, 0.1) is 5.92 Å². The van der Waals surface area contributed by atoms with Crippen molar-refractivity contribution in [3.63, 3.8) is 0 Å². The number of nitrogens with zero attached hydrogens (tertiary/aromatic N) is 1. The highest BCUT2D eigenvalue weighted by Crippen LogP contribution is 2.23. The van der Waals surface area contributed by atoms with E-state index in [-0.39, 0.29) is 5.78 Å². The Bertz CT molecular complexity index is 616. The fourth-order valence-electron chi connectivity index (χ4n) is 3.27. The van der Waals surface area contributed by atoms with E-state index in [9.17, 15) is 4.79 Å². The fourth-order valence-corrected chi connectivity index (χ4v) is 3.27. The lowest BCUT2D eigenvalue weighted by Crippen LogP contribution is -2.30. The van der Waals surface area contributed by atoms with Gasteiger partial charge in [0.1, 0.15) is 11.8 Å². The highest BCUT2D eigenvalue weighted by molar-refractivity contribution is 6.08. The predicted octanol–water partition coefficient (Wildman–Crippen LogP) is 4.13. The zero-order chi connectivity index (χ0) is 14.7. The second-order valence-corrected chi connectivity index (χ2v) is 6.05. The van der Waals surface area contributed by atoms with Crippen LogP contribution in [0.1, 0.15) is 43.0 Å². The molecule has 1 aromatic carbocycles. The zero-order valence-electron chi connectivity index (χ0n) is 12.7. The Morgan fingerprint density at radius 3 is 3.00 bits per heavy atom. The van der Waals surface area contributed by atoms with Gasteiger partial charge in [-0.3, -0.25) is 9.69 Å². The lowest BCUT2D eigenvalue weighted by Gasteiger charge is -2.18. The van der Waals surface area contributed by atoms with Gasteiger partial charge in [0, 0.05) is 5.39 Å². The van der Waals surface area contributed by atoms with Crippen LogP contribution in [0.4, 0.5) is 0 Å². The molecular formula is C18H23NO2. The highest BCUT2D eigenvalue weighted by Gasteiger charge is 2.20. The molecule has 3 rings (SSSR count). The molecule has 2 aromatic rings. The number of carbonyl (C=O) groups excluding carboxylic acids is 1. The van der Waals surface area contributed by atoms with Crippen molar-refractivity contribution in [1.82, 2.24) is 4.90 Å². The molecule has 1 aromatic heterocycles. The molecule has 112 valence electrons. The van der Waals surface area contributed by atoms with Gasteiger partial charge < -0.3 is 4.42 Å². The van der Waals surface area contributed by atoms with Crippen LogP contribution in [-0.4, -0.2) is 30.3 Å². The number of benzene rings is 1. The van der Waals surface area contributed by atoms with E-state index in [0.717, 1.165) is 35.5 Å². The number of likely N-dealkylation sites (tertiary alicyclic amines) is 1. The number of hydrogen-bond acceptors (Lipinski definition) is 3. The first-order valence-corrected chi connectivity index (χ1v) is 7.99. The lowest BCUT2D eigenvalue weighted by molar-refractivity contribution is 0.0933. The van der Waals surface area contributed by atoms with E-state index >= 15 is 0 Å². The molecule has 0 saturated carbocycles. The van der Waals surface area contributed by atoms with E-state index in [0.29, 0.717) is 6.54 Å². The van der Waals surface area contributed by atoms with Gasteiger partial charge in [0.2, 0.25) is 0 Å². The molecule has 3 nitrogen and oxygen atoms in total. The van der Waals surface area contributed by atoms with E-state index < -0.39 is 0 Å². The molecule has 0 radical (unpaired) electrons. The van der Waals surface area contributed by atoms with Gasteiger partial charge in [0.15, 0.2) is 5.78 Å². The van der Waals surface area contributed by atoms with Crippen molar-refractivity contribution < 1.29 is 9.21 Å². The van der Waals surface area contributed by atoms with Gasteiger partial charge in [-0.2, -0.15) is 0 Å². The van der Waals surface area contributed by atoms with E-state index in [2.05, 4.69) is 11.8 Å². The quantitative estimate of drug-likeness (QED) is 0.792. The average Bonchev–Trinajstić information content (AvgIpc) is 2.81. The van der Waals surface area contributed by atoms with Gasteiger partial charge in [0.25, 0.3) is 0 Å². The Morgan fingerprint density at radius 1 is 1.29 bits per heavy atom. The normalized spacial score (nSPS) is 20.5. The average molecular weight is 285 g/mol. The first-order valence-electron chi connectivity index (χ1n) is 7.99. The van der Waals surface area contributed by atoms with Gasteiger partial charge in [-0.25, -0.2) is 0 Å². The Morgan fingerprint density at radius 2 is 2.14 bits per heavy atom. The number of ketones is 1. The molecule has 1 saturated heterocycles. The van der Waals surface area contributed by atoms with Crippen molar-refractivity contribution in [2.75, 3.05) is 19.6 Å². The van der Waals surface area contributed by atoms with E-state index in [1.807, 2.05) is 24.3 Å². The molecular weight excluding hydrogens is 262 g/mol. The molecule has 1 atom stereocenters. The number of para-hydroxylation sites is 1. The topological polar surface area (TPSA) is 33.5 Å². The van der Waals surface area contributed by atoms with Gasteiger partial charge in [-0.05, 0) is 44.3 Å². The van der Waals surface area contributed by atoms with Gasteiger partial charge >= 0.3 is 0 Å². The van der Waals surface area contributed by atoms with E-state index in [1.165, 1.54) is 25.7 Å². The maximum atomic E-state index is 12.5. The molecule has 2 heterocycles. The number of fused-ring (bicyclic) bond motifs is 1. The van der Waals surface area contributed by atoms with Gasteiger partial charge in [-0.15, -0.1) is 0 Å². The number of carbonyl (C=O) groups is 1. The molecule has 0 amide bonds. The van der Waals surface area contributed by atoms with Crippen molar-refractivity contribution in [2.24, 2.45) is 5.92 Å². The lowest BCUT2D eigenvalue weighted by atomic mass is 9.98. The van der Waals surface area contributed by atoms with E-state index in [1.54, 1.807) is 6.26 Å². The number of Topliss-reactive ketones (excluding diaryl/α,β-unsaturated/α-hetero) is 1. The summed E-state index contributed by atoms with van der Waals surface area (Å²) in [5.74, 6) is 1.01. The standard InChI is InChI=1S/C18H23NO2/c1-2-14-6-5-10-19(11-9-14)12-17(20)16-13-21-18-8-4-3-7-15(16)18/h3-4,7-8,13-14H,2,5-6,9-12H2,1H3. The first kappa shape index (κ1) is 14.3. The maximum Gasteiger partial charge on any atom is 0.180 e. The minimum absolute atomic E-state index is 0.176. The summed E-state index contributed by atoms with van der Waals surface area (Å²) in [7, 11) is 0. The third-order valence-corrected chi connectivity index (χ3v) is 4.67. The molecule has 1 aliphatic rings. The van der Waals surface area contributed by atoms with Gasteiger partial charge in [0.05, 0.1) is 12.1 Å². The van der Waals surface area contributed by atoms with Crippen molar-refractivity contribution in [3.05, 3.63) is 36.1 Å². The van der Waals surface area contributed by atoms with Crippen LogP contribution in [0.5, 0.6) is 0 Å². The van der Waals surface area contributed by atoms with Gasteiger partial charge in [-0.1, -0.05) is 31.5 Å². The third-order valence-electron chi connectivity index (χ3n) is 4.67. The first-order chi connectivity index (χ1) is 10.3. The SMILES string of the molecule is CCC1CCCN(CC(=O)c2coc3ccccc23)CC1. The summed E-state index contributed by atoms with van der Waals surface area (Å²) in [6.45, 7) is 4.86.